The van der Waals surface area contributed by atoms with Crippen LogP contribution in [0.4, 0.5) is 9.93 Å². The number of carbonyl (C=O) groups is 4. The van der Waals surface area contributed by atoms with Crippen LogP contribution in [0.15, 0.2) is 83.6 Å². The van der Waals surface area contributed by atoms with Crippen molar-refractivity contribution in [2.24, 2.45) is 0 Å². The zero-order chi connectivity index (χ0) is 27.4. The van der Waals surface area contributed by atoms with Gasteiger partial charge in [-0.2, -0.15) is 0 Å². The van der Waals surface area contributed by atoms with Gasteiger partial charge in [0, 0.05) is 11.8 Å². The second kappa shape index (κ2) is 11.4. The van der Waals surface area contributed by atoms with E-state index in [2.05, 4.69) is 20.4 Å². The molecule has 3 aliphatic rings. The normalized spacial score (nSPS) is 19.2. The second-order valence-electron chi connectivity index (χ2n) is 8.71. The predicted octanol–water partition coefficient (Wildman–Crippen LogP) is 3.41. The molecule has 1 saturated heterocycles. The van der Waals surface area contributed by atoms with Gasteiger partial charge < -0.3 is 24.8 Å². The first kappa shape index (κ1) is 25.9. The number of anilines is 1. The van der Waals surface area contributed by atoms with Crippen LogP contribution in [0.5, 0.6) is 0 Å². The smallest absolute Gasteiger partial charge is 0.357 e. The number of rotatable bonds is 8. The van der Waals surface area contributed by atoms with Crippen molar-refractivity contribution in [3.63, 3.8) is 0 Å². The van der Waals surface area contributed by atoms with Crippen LogP contribution >= 0.6 is 11.3 Å². The van der Waals surface area contributed by atoms with Gasteiger partial charge in [0.2, 0.25) is 5.91 Å². The average molecular weight is 549 g/mol. The summed E-state index contributed by atoms with van der Waals surface area (Å²) in [5.74, 6) is -1.42. The third-order valence-electron chi connectivity index (χ3n) is 6.19. The van der Waals surface area contributed by atoms with E-state index in [0.717, 1.165) is 40.2 Å². The van der Waals surface area contributed by atoms with Crippen LogP contribution in [0, 0.1) is 0 Å². The van der Waals surface area contributed by atoms with E-state index in [1.165, 1.54) is 25.0 Å². The molecule has 1 aromatic heterocycles. The van der Waals surface area contributed by atoms with Crippen LogP contribution in [0.25, 0.3) is 0 Å². The molecule has 3 heterocycles. The SMILES string of the molecule is COC(=O)c1csc(NC(=O)[C@H](Cc2ccccc2)N2C(=O)N[C@H](C3=COC=C(C4=CC=CCC4)O3)C2=O)n1. The molecule has 11 nitrogen and oxygen atoms in total. The number of thiazole rings is 1. The minimum absolute atomic E-state index is 0.0290. The fraction of sp³-hybridized carbons (Fsp3) is 0.222. The Morgan fingerprint density at radius 1 is 1.26 bits per heavy atom. The summed E-state index contributed by atoms with van der Waals surface area (Å²) in [6.07, 6.45) is 10.2. The van der Waals surface area contributed by atoms with Gasteiger partial charge in [-0.15, -0.1) is 11.3 Å². The minimum Gasteiger partial charge on any atom is -0.465 e. The van der Waals surface area contributed by atoms with Gasteiger partial charge >= 0.3 is 12.0 Å². The van der Waals surface area contributed by atoms with Crippen molar-refractivity contribution in [2.75, 3.05) is 12.4 Å². The number of urea groups is 1. The number of nitrogens with one attached hydrogen (secondary N) is 2. The van der Waals surface area contributed by atoms with Crippen molar-refractivity contribution in [3.05, 3.63) is 94.8 Å². The van der Waals surface area contributed by atoms with E-state index in [1.807, 2.05) is 24.3 Å². The molecular weight excluding hydrogens is 524 g/mol. The number of hydrogen-bond donors (Lipinski definition) is 2. The van der Waals surface area contributed by atoms with Crippen molar-refractivity contribution >= 4 is 40.3 Å². The van der Waals surface area contributed by atoms with Crippen LogP contribution in [0.2, 0.25) is 0 Å². The largest absolute Gasteiger partial charge is 0.465 e. The van der Waals surface area contributed by atoms with Crippen molar-refractivity contribution < 1.29 is 33.4 Å². The van der Waals surface area contributed by atoms with E-state index in [9.17, 15) is 19.2 Å². The number of esters is 1. The molecule has 0 unspecified atom stereocenters. The van der Waals surface area contributed by atoms with Gasteiger partial charge in [0.25, 0.3) is 5.91 Å². The molecule has 12 heteroatoms. The quantitative estimate of drug-likeness (QED) is 0.378. The molecule has 2 N–H and O–H groups in total. The van der Waals surface area contributed by atoms with Crippen LogP contribution in [-0.2, 0) is 30.2 Å². The van der Waals surface area contributed by atoms with E-state index < -0.39 is 35.9 Å². The molecule has 200 valence electrons. The van der Waals surface area contributed by atoms with Gasteiger partial charge in [-0.3, -0.25) is 9.59 Å². The molecular formula is C27H24N4O7S. The third-order valence-corrected chi connectivity index (χ3v) is 6.95. The summed E-state index contributed by atoms with van der Waals surface area (Å²) in [7, 11) is 1.22. The lowest BCUT2D eigenvalue weighted by molar-refractivity contribution is -0.134. The lowest BCUT2D eigenvalue weighted by atomic mass is 10.0. The second-order valence-corrected chi connectivity index (χ2v) is 9.57. The third kappa shape index (κ3) is 5.60. The number of imide groups is 1. The Labute approximate surface area is 227 Å². The lowest BCUT2D eigenvalue weighted by Gasteiger charge is -2.25. The van der Waals surface area contributed by atoms with Crippen molar-refractivity contribution in [3.8, 4) is 0 Å². The molecule has 0 bridgehead atoms. The van der Waals surface area contributed by atoms with E-state index in [0.29, 0.717) is 5.76 Å². The maximum atomic E-state index is 13.6. The molecule has 2 aliphatic heterocycles. The summed E-state index contributed by atoms with van der Waals surface area (Å²) in [5, 5.41) is 6.79. The van der Waals surface area contributed by atoms with Gasteiger partial charge in [0.05, 0.1) is 7.11 Å². The van der Waals surface area contributed by atoms with E-state index in [-0.39, 0.29) is 23.0 Å². The highest BCUT2D eigenvalue weighted by atomic mass is 32.1. The highest BCUT2D eigenvalue weighted by Gasteiger charge is 2.47. The highest BCUT2D eigenvalue weighted by molar-refractivity contribution is 7.14. The first-order chi connectivity index (χ1) is 18.9. The van der Waals surface area contributed by atoms with Gasteiger partial charge in [0.15, 0.2) is 28.4 Å². The summed E-state index contributed by atoms with van der Waals surface area (Å²) in [5.41, 5.74) is 1.66. The van der Waals surface area contributed by atoms with Gasteiger partial charge in [-0.05, 0) is 24.0 Å². The summed E-state index contributed by atoms with van der Waals surface area (Å²) in [6, 6.07) is 5.84. The fourth-order valence-corrected chi connectivity index (χ4v) is 4.94. The van der Waals surface area contributed by atoms with Crippen molar-refractivity contribution in [2.45, 2.75) is 31.3 Å². The van der Waals surface area contributed by atoms with Crippen molar-refractivity contribution in [1.29, 1.82) is 0 Å². The molecule has 0 saturated carbocycles. The first-order valence-electron chi connectivity index (χ1n) is 12.1. The monoisotopic (exact) mass is 548 g/mol. The molecule has 2 atom stereocenters. The first-order valence-corrected chi connectivity index (χ1v) is 12.9. The maximum Gasteiger partial charge on any atom is 0.357 e. The number of ether oxygens (including phenoxy) is 3. The van der Waals surface area contributed by atoms with E-state index in [4.69, 9.17) is 9.47 Å². The zero-order valence-electron chi connectivity index (χ0n) is 20.8. The Morgan fingerprint density at radius 2 is 2.08 bits per heavy atom. The zero-order valence-corrected chi connectivity index (χ0v) is 21.6. The number of allylic oxidation sites excluding steroid dienone is 4. The number of methoxy groups -OCH3 is 1. The fourth-order valence-electron chi connectivity index (χ4n) is 4.25. The van der Waals surface area contributed by atoms with Gasteiger partial charge in [-0.1, -0.05) is 48.6 Å². The highest BCUT2D eigenvalue weighted by Crippen LogP contribution is 2.30. The summed E-state index contributed by atoms with van der Waals surface area (Å²) >= 11 is 1.02. The molecule has 39 heavy (non-hydrogen) atoms. The average Bonchev–Trinajstić information content (AvgIpc) is 3.56. The summed E-state index contributed by atoms with van der Waals surface area (Å²) < 4.78 is 16.0. The molecule has 1 fully saturated rings. The minimum atomic E-state index is -1.22. The van der Waals surface area contributed by atoms with Crippen LogP contribution in [0.1, 0.15) is 28.9 Å². The maximum absolute atomic E-state index is 13.6. The number of aromatic nitrogens is 1. The topological polar surface area (TPSA) is 136 Å². The number of amides is 4. The summed E-state index contributed by atoms with van der Waals surface area (Å²) in [6.45, 7) is 0. The molecule has 5 rings (SSSR count). The molecule has 4 amide bonds. The number of nitrogens with zero attached hydrogens (tertiary/aromatic N) is 2. The van der Waals surface area contributed by atoms with Gasteiger partial charge in [-0.25, -0.2) is 19.5 Å². The van der Waals surface area contributed by atoms with Crippen molar-refractivity contribution in [1.82, 2.24) is 15.2 Å². The van der Waals surface area contributed by atoms with E-state index in [1.54, 1.807) is 24.3 Å². The Bertz CT molecular complexity index is 1430. The summed E-state index contributed by atoms with van der Waals surface area (Å²) in [4.78, 5) is 56.9. The van der Waals surface area contributed by atoms with Gasteiger partial charge in [0.1, 0.15) is 18.6 Å². The van der Waals surface area contributed by atoms with E-state index >= 15 is 0 Å². The van der Waals surface area contributed by atoms with Crippen LogP contribution in [-0.4, -0.2) is 52.9 Å². The Morgan fingerprint density at radius 3 is 2.82 bits per heavy atom. The number of hydrogen-bond acceptors (Lipinski definition) is 9. The number of carbonyl (C=O) groups excluding carboxylic acids is 4. The molecule has 2 aromatic rings. The molecule has 1 aromatic carbocycles. The molecule has 1 aliphatic carbocycles. The molecule has 0 spiro atoms. The standard InChI is InChI=1S/C27H24N4O7S/c1-36-25(34)18-15-39-26(28-18)30-23(32)19(12-16-8-4-2-5-9-16)31-24(33)22(29-27(31)35)21-14-37-13-20(38-21)17-10-6-3-7-11-17/h2-6,8-10,13-15,19,22H,7,11-12H2,1H3,(H,29,35)(H,28,30,32)/t19-,22+/m0/s1. The number of benzene rings is 1. The Balaban J connectivity index is 1.37. The van der Waals surface area contributed by atoms with Crippen LogP contribution < -0.4 is 10.6 Å². The Hall–Kier alpha value is -4.71. The lowest BCUT2D eigenvalue weighted by Crippen LogP contribution is -2.49. The predicted molar refractivity (Wildman–Crippen MR) is 140 cm³/mol. The van der Waals surface area contributed by atoms with Crippen LogP contribution in [0.3, 0.4) is 0 Å². The Kier molecular flexibility index (Phi) is 7.55. The molecule has 0 radical (unpaired) electrons.